The van der Waals surface area contributed by atoms with Crippen molar-refractivity contribution in [3.8, 4) is 16.9 Å². The molecule has 140 valence electrons. The molecular weight excluding hydrogens is 370 g/mol. The highest BCUT2D eigenvalue weighted by Crippen LogP contribution is 2.29. The first-order chi connectivity index (χ1) is 13.8. The normalized spacial score (nSPS) is 10.6. The zero-order valence-electron chi connectivity index (χ0n) is 15.1. The number of anilines is 1. The maximum absolute atomic E-state index is 12.4. The van der Waals surface area contributed by atoms with Gasteiger partial charge in [0.25, 0.3) is 5.91 Å². The molecule has 0 aliphatic heterocycles. The van der Waals surface area contributed by atoms with Crippen LogP contribution in [-0.4, -0.2) is 22.3 Å². The molecule has 1 amide bonds. The van der Waals surface area contributed by atoms with Crippen molar-refractivity contribution in [2.45, 2.75) is 6.54 Å². The molecule has 2 heterocycles. The van der Waals surface area contributed by atoms with Crippen molar-refractivity contribution in [2.24, 2.45) is 0 Å². The highest BCUT2D eigenvalue weighted by atomic mass is 32.1. The van der Waals surface area contributed by atoms with Crippen LogP contribution in [0.15, 0.2) is 84.4 Å². The number of benzene rings is 2. The monoisotopic (exact) mass is 389 g/mol. The van der Waals surface area contributed by atoms with Crippen LogP contribution < -0.4 is 10.1 Å². The minimum absolute atomic E-state index is 0.0754. The molecule has 2 aromatic heterocycles. The van der Waals surface area contributed by atoms with E-state index >= 15 is 0 Å². The molecular formula is C22H19N3O2S. The van der Waals surface area contributed by atoms with Crippen molar-refractivity contribution in [1.29, 1.82) is 0 Å². The second-order valence-electron chi connectivity index (χ2n) is 6.15. The van der Waals surface area contributed by atoms with Crippen LogP contribution in [-0.2, 0) is 11.3 Å². The molecule has 0 aliphatic carbocycles. The molecule has 0 saturated heterocycles. The summed E-state index contributed by atoms with van der Waals surface area (Å²) in [6, 6.07) is 23.5. The number of hydrogen-bond acceptors (Lipinski definition) is 4. The third kappa shape index (κ3) is 4.29. The zero-order valence-corrected chi connectivity index (χ0v) is 15.9. The summed E-state index contributed by atoms with van der Waals surface area (Å²) in [6.07, 6.45) is 1.68. The SMILES string of the molecule is O=C(COc1ccccc1-c1ccccc1)Nc1ccnn1Cc1cccs1. The molecule has 0 bridgehead atoms. The van der Waals surface area contributed by atoms with Crippen molar-refractivity contribution in [3.05, 3.63) is 89.3 Å². The van der Waals surface area contributed by atoms with E-state index in [0.717, 1.165) is 11.1 Å². The number of ether oxygens (including phenoxy) is 1. The van der Waals surface area contributed by atoms with Crippen molar-refractivity contribution in [2.75, 3.05) is 11.9 Å². The molecule has 5 nitrogen and oxygen atoms in total. The summed E-state index contributed by atoms with van der Waals surface area (Å²) >= 11 is 1.66. The third-order valence-corrected chi connectivity index (χ3v) is 5.06. The van der Waals surface area contributed by atoms with Crippen LogP contribution in [0, 0.1) is 0 Å². The minimum Gasteiger partial charge on any atom is -0.483 e. The van der Waals surface area contributed by atoms with Gasteiger partial charge in [-0.1, -0.05) is 54.6 Å². The largest absolute Gasteiger partial charge is 0.483 e. The second kappa shape index (κ2) is 8.54. The average Bonchev–Trinajstić information content (AvgIpc) is 3.40. The number of amides is 1. The van der Waals surface area contributed by atoms with Gasteiger partial charge in [0.1, 0.15) is 11.6 Å². The van der Waals surface area contributed by atoms with Gasteiger partial charge in [-0.2, -0.15) is 5.10 Å². The van der Waals surface area contributed by atoms with Gasteiger partial charge in [-0.15, -0.1) is 11.3 Å². The number of para-hydroxylation sites is 1. The number of thiophene rings is 1. The summed E-state index contributed by atoms with van der Waals surface area (Å²) in [4.78, 5) is 13.6. The van der Waals surface area contributed by atoms with E-state index < -0.39 is 0 Å². The molecule has 0 radical (unpaired) electrons. The number of nitrogens with zero attached hydrogens (tertiary/aromatic N) is 2. The van der Waals surface area contributed by atoms with Gasteiger partial charge < -0.3 is 10.1 Å². The Morgan fingerprint density at radius 2 is 1.82 bits per heavy atom. The van der Waals surface area contributed by atoms with Crippen LogP contribution in [0.1, 0.15) is 4.88 Å². The quantitative estimate of drug-likeness (QED) is 0.499. The number of aromatic nitrogens is 2. The lowest BCUT2D eigenvalue weighted by molar-refractivity contribution is -0.118. The smallest absolute Gasteiger partial charge is 0.263 e. The Labute approximate surface area is 167 Å². The van der Waals surface area contributed by atoms with Gasteiger partial charge in [0, 0.05) is 16.5 Å². The Bertz CT molecular complexity index is 1040. The maximum Gasteiger partial charge on any atom is 0.263 e. The van der Waals surface area contributed by atoms with Crippen molar-refractivity contribution in [3.63, 3.8) is 0 Å². The molecule has 28 heavy (non-hydrogen) atoms. The molecule has 6 heteroatoms. The summed E-state index contributed by atoms with van der Waals surface area (Å²) in [7, 11) is 0. The first-order valence-electron chi connectivity index (χ1n) is 8.91. The fourth-order valence-corrected chi connectivity index (χ4v) is 3.57. The summed E-state index contributed by atoms with van der Waals surface area (Å²) in [5, 5.41) is 9.18. The first-order valence-corrected chi connectivity index (χ1v) is 9.79. The molecule has 0 aliphatic rings. The molecule has 0 atom stereocenters. The van der Waals surface area contributed by atoms with Crippen molar-refractivity contribution >= 4 is 23.1 Å². The summed E-state index contributed by atoms with van der Waals surface area (Å²) in [5.74, 6) is 1.10. The van der Waals surface area contributed by atoms with Crippen LogP contribution >= 0.6 is 11.3 Å². The Morgan fingerprint density at radius 3 is 2.64 bits per heavy atom. The minimum atomic E-state index is -0.226. The van der Waals surface area contributed by atoms with Gasteiger partial charge in [-0.05, 0) is 23.1 Å². The fourth-order valence-electron chi connectivity index (χ4n) is 2.89. The zero-order chi connectivity index (χ0) is 19.2. The van der Waals surface area contributed by atoms with Gasteiger partial charge in [0.2, 0.25) is 0 Å². The molecule has 0 fully saturated rings. The van der Waals surface area contributed by atoms with Crippen LogP contribution in [0.25, 0.3) is 11.1 Å². The lowest BCUT2D eigenvalue weighted by Gasteiger charge is -2.12. The lowest BCUT2D eigenvalue weighted by atomic mass is 10.1. The predicted octanol–water partition coefficient (Wildman–Crippen LogP) is 4.68. The van der Waals surface area contributed by atoms with E-state index in [1.807, 2.05) is 72.1 Å². The Morgan fingerprint density at radius 1 is 1.00 bits per heavy atom. The van der Waals surface area contributed by atoms with Crippen LogP contribution in [0.3, 0.4) is 0 Å². The molecule has 0 unspecified atom stereocenters. The number of carbonyl (C=O) groups is 1. The van der Waals surface area contributed by atoms with Gasteiger partial charge in [0.15, 0.2) is 6.61 Å². The van der Waals surface area contributed by atoms with E-state index in [1.54, 1.807) is 28.3 Å². The van der Waals surface area contributed by atoms with Gasteiger partial charge in [-0.3, -0.25) is 4.79 Å². The number of hydrogen-bond donors (Lipinski definition) is 1. The van der Waals surface area contributed by atoms with Gasteiger partial charge >= 0.3 is 0 Å². The Balaban J connectivity index is 1.41. The van der Waals surface area contributed by atoms with Crippen molar-refractivity contribution in [1.82, 2.24) is 9.78 Å². The lowest BCUT2D eigenvalue weighted by Crippen LogP contribution is -2.22. The fraction of sp³-hybridized carbons (Fsp3) is 0.0909. The molecule has 4 rings (SSSR count). The number of nitrogens with one attached hydrogen (secondary N) is 1. The van der Waals surface area contributed by atoms with Crippen LogP contribution in [0.4, 0.5) is 5.82 Å². The maximum atomic E-state index is 12.4. The third-order valence-electron chi connectivity index (χ3n) is 4.20. The summed E-state index contributed by atoms with van der Waals surface area (Å²) in [5.41, 5.74) is 2.01. The van der Waals surface area contributed by atoms with Gasteiger partial charge in [-0.25, -0.2) is 4.68 Å². The Kier molecular flexibility index (Phi) is 5.49. The molecule has 4 aromatic rings. The molecule has 0 spiro atoms. The molecule has 1 N–H and O–H groups in total. The van der Waals surface area contributed by atoms with E-state index in [-0.39, 0.29) is 12.5 Å². The number of rotatable bonds is 7. The molecule has 2 aromatic carbocycles. The Hall–Kier alpha value is -3.38. The van der Waals surface area contributed by atoms with Crippen molar-refractivity contribution < 1.29 is 9.53 Å². The van der Waals surface area contributed by atoms with E-state index in [1.165, 1.54) is 4.88 Å². The highest BCUT2D eigenvalue weighted by Gasteiger charge is 2.11. The summed E-state index contributed by atoms with van der Waals surface area (Å²) in [6.45, 7) is 0.548. The van der Waals surface area contributed by atoms with E-state index in [4.69, 9.17) is 4.74 Å². The second-order valence-corrected chi connectivity index (χ2v) is 7.18. The van der Waals surface area contributed by atoms with E-state index in [2.05, 4.69) is 10.4 Å². The first kappa shape index (κ1) is 18.0. The topological polar surface area (TPSA) is 56.1 Å². The van der Waals surface area contributed by atoms with E-state index in [0.29, 0.717) is 18.1 Å². The van der Waals surface area contributed by atoms with E-state index in [9.17, 15) is 4.79 Å². The van der Waals surface area contributed by atoms with Gasteiger partial charge in [0.05, 0.1) is 12.7 Å². The molecule has 0 saturated carbocycles. The average molecular weight is 389 g/mol. The predicted molar refractivity (Wildman–Crippen MR) is 112 cm³/mol. The van der Waals surface area contributed by atoms with Crippen LogP contribution in [0.2, 0.25) is 0 Å². The standard InChI is InChI=1S/C22H19N3O2S/c26-22(24-21-12-13-23-25(21)15-18-9-6-14-28-18)16-27-20-11-5-4-10-19(20)17-7-2-1-3-8-17/h1-14H,15-16H2,(H,24,26). The van der Waals surface area contributed by atoms with Crippen LogP contribution in [0.5, 0.6) is 5.75 Å². The number of carbonyl (C=O) groups excluding carboxylic acids is 1. The summed E-state index contributed by atoms with van der Waals surface area (Å²) < 4.78 is 7.57. The highest BCUT2D eigenvalue weighted by molar-refractivity contribution is 7.09.